The summed E-state index contributed by atoms with van der Waals surface area (Å²) in [4.78, 5) is 35.9. The maximum atomic E-state index is 12.6. The number of hydrogen-bond donors (Lipinski definition) is 0. The largest absolute Gasteiger partial charge is 0.465 e. The highest BCUT2D eigenvalue weighted by molar-refractivity contribution is 7.03. The summed E-state index contributed by atoms with van der Waals surface area (Å²) >= 11 is 0.868. The lowest BCUT2D eigenvalue weighted by Gasteiger charge is -2.03. The van der Waals surface area contributed by atoms with Gasteiger partial charge in [0, 0.05) is 11.5 Å². The quantitative estimate of drug-likeness (QED) is 0.672. The third kappa shape index (κ3) is 3.46. The fourth-order valence-corrected chi connectivity index (χ4v) is 3.18. The van der Waals surface area contributed by atoms with Crippen LogP contribution >= 0.6 is 11.5 Å². The molecule has 0 atom stereocenters. The first-order valence-corrected chi connectivity index (χ1v) is 8.34. The van der Waals surface area contributed by atoms with Gasteiger partial charge >= 0.3 is 16.5 Å². The van der Waals surface area contributed by atoms with E-state index in [2.05, 4.69) is 4.74 Å². The zero-order chi connectivity index (χ0) is 18.0. The van der Waals surface area contributed by atoms with Gasteiger partial charge in [-0.15, -0.1) is 0 Å². The first kappa shape index (κ1) is 16.9. The lowest BCUT2D eigenvalue weighted by molar-refractivity contribution is 0.0600. The molecule has 0 aliphatic rings. The van der Waals surface area contributed by atoms with Crippen LogP contribution in [0, 0.1) is 6.92 Å². The zero-order valence-electron chi connectivity index (χ0n) is 13.8. The van der Waals surface area contributed by atoms with E-state index in [4.69, 9.17) is 0 Å². The molecule has 1 heterocycles. The number of ether oxygens (including phenoxy) is 1. The van der Waals surface area contributed by atoms with E-state index in [-0.39, 0.29) is 17.1 Å². The van der Waals surface area contributed by atoms with Gasteiger partial charge in [-0.25, -0.2) is 18.1 Å². The molecule has 7 heteroatoms. The number of nitrogens with zero attached hydrogens (tertiary/aromatic N) is 2. The van der Waals surface area contributed by atoms with Crippen molar-refractivity contribution >= 4 is 17.5 Å². The molecule has 0 saturated heterocycles. The maximum absolute atomic E-state index is 12.6. The van der Waals surface area contributed by atoms with Crippen LogP contribution in [0.5, 0.6) is 0 Å². The van der Waals surface area contributed by atoms with Crippen molar-refractivity contribution in [2.24, 2.45) is 0 Å². The number of aromatic nitrogens is 2. The van der Waals surface area contributed by atoms with Crippen LogP contribution in [0.2, 0.25) is 0 Å². The minimum atomic E-state index is -0.430. The van der Waals surface area contributed by atoms with Gasteiger partial charge in [0.25, 0.3) is 0 Å². The van der Waals surface area contributed by atoms with Crippen LogP contribution < -0.4 is 10.6 Å². The van der Waals surface area contributed by atoms with Gasteiger partial charge in [0.05, 0.1) is 24.9 Å². The van der Waals surface area contributed by atoms with Crippen molar-refractivity contribution in [1.82, 2.24) is 8.52 Å². The highest BCUT2D eigenvalue weighted by Gasteiger charge is 2.12. The van der Waals surface area contributed by atoms with Gasteiger partial charge in [0.15, 0.2) is 0 Å². The molecule has 25 heavy (non-hydrogen) atoms. The molecule has 0 aliphatic heterocycles. The average Bonchev–Trinajstić information content (AvgIpc) is 2.90. The second kappa shape index (κ2) is 6.90. The van der Waals surface area contributed by atoms with E-state index >= 15 is 0 Å². The topological polar surface area (TPSA) is 70.3 Å². The molecule has 0 radical (unpaired) electrons. The Hall–Kier alpha value is -2.93. The second-order valence-electron chi connectivity index (χ2n) is 5.54. The molecular formula is C18H16N2O4S. The van der Waals surface area contributed by atoms with E-state index in [0.29, 0.717) is 11.3 Å². The Morgan fingerprint density at radius 1 is 1.04 bits per heavy atom. The molecule has 1 aromatic heterocycles. The SMILES string of the molecule is COC(=O)c1ccc(Cn2c(=O)sn(-c3ccc(C)cc3)c2=O)cc1. The van der Waals surface area contributed by atoms with E-state index < -0.39 is 5.97 Å². The number of esters is 1. The number of aryl methyl sites for hydroxylation is 1. The minimum Gasteiger partial charge on any atom is -0.465 e. The van der Waals surface area contributed by atoms with Gasteiger partial charge in [-0.3, -0.25) is 4.79 Å². The summed E-state index contributed by atoms with van der Waals surface area (Å²) in [5.41, 5.74) is 2.53. The predicted molar refractivity (Wildman–Crippen MR) is 95.8 cm³/mol. The third-order valence-electron chi connectivity index (χ3n) is 3.78. The van der Waals surface area contributed by atoms with E-state index in [1.807, 2.05) is 31.2 Å². The van der Waals surface area contributed by atoms with Crippen molar-refractivity contribution in [3.05, 3.63) is 85.4 Å². The lowest BCUT2D eigenvalue weighted by Crippen LogP contribution is -2.28. The van der Waals surface area contributed by atoms with Crippen molar-refractivity contribution in [1.29, 1.82) is 0 Å². The summed E-state index contributed by atoms with van der Waals surface area (Å²) in [6.07, 6.45) is 0. The monoisotopic (exact) mass is 356 g/mol. The molecule has 0 amide bonds. The van der Waals surface area contributed by atoms with E-state index in [0.717, 1.165) is 22.7 Å². The first-order valence-electron chi connectivity index (χ1n) is 7.57. The molecule has 0 N–H and O–H groups in total. The number of carbonyl (C=O) groups excluding carboxylic acids is 1. The molecule has 3 aromatic rings. The molecule has 2 aromatic carbocycles. The Labute approximate surface area is 147 Å². The number of carbonyl (C=O) groups is 1. The summed E-state index contributed by atoms with van der Waals surface area (Å²) in [5.74, 6) is -0.430. The normalized spacial score (nSPS) is 10.6. The highest BCUT2D eigenvalue weighted by Crippen LogP contribution is 2.10. The van der Waals surface area contributed by atoms with Crippen LogP contribution in [0.4, 0.5) is 0 Å². The first-order chi connectivity index (χ1) is 12.0. The van der Waals surface area contributed by atoms with Gasteiger partial charge in [-0.05, 0) is 36.8 Å². The minimum absolute atomic E-state index is 0.147. The summed E-state index contributed by atoms with van der Waals surface area (Å²) in [6.45, 7) is 2.10. The number of methoxy groups -OCH3 is 1. The van der Waals surface area contributed by atoms with Crippen LogP contribution in [0.15, 0.2) is 58.1 Å². The average molecular weight is 356 g/mol. The van der Waals surface area contributed by atoms with Crippen molar-refractivity contribution < 1.29 is 9.53 Å². The molecule has 128 valence electrons. The molecule has 0 fully saturated rings. The van der Waals surface area contributed by atoms with Crippen LogP contribution in [-0.4, -0.2) is 21.6 Å². The van der Waals surface area contributed by atoms with Crippen LogP contribution in [-0.2, 0) is 11.3 Å². The summed E-state index contributed by atoms with van der Waals surface area (Å²) < 4.78 is 7.21. The van der Waals surface area contributed by atoms with Crippen molar-refractivity contribution in [2.45, 2.75) is 13.5 Å². The summed E-state index contributed by atoms with van der Waals surface area (Å²) in [6, 6.07) is 14.0. The Morgan fingerprint density at radius 3 is 2.28 bits per heavy atom. The maximum Gasteiger partial charge on any atom is 0.346 e. The fourth-order valence-electron chi connectivity index (χ4n) is 2.38. The van der Waals surface area contributed by atoms with Crippen LogP contribution in [0.1, 0.15) is 21.5 Å². The molecule has 0 saturated carbocycles. The van der Waals surface area contributed by atoms with Crippen molar-refractivity contribution in [2.75, 3.05) is 7.11 Å². The van der Waals surface area contributed by atoms with Gasteiger partial charge in [0.2, 0.25) is 0 Å². The van der Waals surface area contributed by atoms with E-state index in [1.54, 1.807) is 24.3 Å². The Bertz CT molecular complexity index is 1010. The number of benzene rings is 2. The summed E-state index contributed by atoms with van der Waals surface area (Å²) in [7, 11) is 1.31. The van der Waals surface area contributed by atoms with Crippen LogP contribution in [0.25, 0.3) is 5.69 Å². The molecule has 0 unspecified atom stereocenters. The standard InChI is InChI=1S/C18H16N2O4S/c1-12-3-9-15(10-4-12)20-17(22)19(18(23)25-20)11-13-5-7-14(8-6-13)16(21)24-2/h3-10H,11H2,1-2H3. The van der Waals surface area contributed by atoms with Crippen molar-refractivity contribution in [3.63, 3.8) is 0 Å². The summed E-state index contributed by atoms with van der Waals surface area (Å²) in [5, 5.41) is 0. The molecule has 3 rings (SSSR count). The smallest absolute Gasteiger partial charge is 0.346 e. The lowest BCUT2D eigenvalue weighted by atomic mass is 10.1. The number of rotatable bonds is 4. The van der Waals surface area contributed by atoms with E-state index in [1.165, 1.54) is 15.6 Å². The van der Waals surface area contributed by atoms with Gasteiger partial charge < -0.3 is 4.74 Å². The van der Waals surface area contributed by atoms with Gasteiger partial charge in [-0.1, -0.05) is 29.8 Å². The Balaban J connectivity index is 1.91. The van der Waals surface area contributed by atoms with Gasteiger partial charge in [-0.2, -0.15) is 0 Å². The Morgan fingerprint density at radius 2 is 1.68 bits per heavy atom. The highest BCUT2D eigenvalue weighted by atomic mass is 32.1. The number of hydrogen-bond acceptors (Lipinski definition) is 5. The second-order valence-corrected chi connectivity index (χ2v) is 6.44. The molecule has 6 nitrogen and oxygen atoms in total. The van der Waals surface area contributed by atoms with Crippen molar-refractivity contribution in [3.8, 4) is 5.69 Å². The molecular weight excluding hydrogens is 340 g/mol. The molecule has 0 aliphatic carbocycles. The third-order valence-corrected chi connectivity index (χ3v) is 4.70. The Kier molecular flexibility index (Phi) is 4.67. The van der Waals surface area contributed by atoms with E-state index in [9.17, 15) is 14.4 Å². The zero-order valence-corrected chi connectivity index (χ0v) is 14.6. The fraction of sp³-hybridized carbons (Fsp3) is 0.167. The van der Waals surface area contributed by atoms with Crippen LogP contribution in [0.3, 0.4) is 0 Å². The predicted octanol–water partition coefficient (Wildman–Crippen LogP) is 2.20. The van der Waals surface area contributed by atoms with Gasteiger partial charge in [0.1, 0.15) is 0 Å². The molecule has 0 bridgehead atoms. The molecule has 0 spiro atoms.